The van der Waals surface area contributed by atoms with Crippen molar-refractivity contribution in [2.45, 2.75) is 26.3 Å². The van der Waals surface area contributed by atoms with Crippen LogP contribution in [0, 0.1) is 0 Å². The summed E-state index contributed by atoms with van der Waals surface area (Å²) < 4.78 is 0. The number of rotatable bonds is 5. The fourth-order valence-electron chi connectivity index (χ4n) is 2.01. The molecule has 0 aliphatic carbocycles. The maximum absolute atomic E-state index is 12.1. The van der Waals surface area contributed by atoms with E-state index in [0.29, 0.717) is 17.9 Å². The highest BCUT2D eigenvalue weighted by Gasteiger charge is 2.17. The van der Waals surface area contributed by atoms with Crippen molar-refractivity contribution >= 4 is 28.4 Å². The first-order valence-corrected chi connectivity index (χ1v) is 6.98. The predicted octanol–water partition coefficient (Wildman–Crippen LogP) is 1.39. The van der Waals surface area contributed by atoms with Gasteiger partial charge in [-0.1, -0.05) is 6.92 Å². The molecule has 21 heavy (non-hydrogen) atoms. The summed E-state index contributed by atoms with van der Waals surface area (Å²) in [5.74, 6) is -0.505. The molecule has 112 valence electrons. The zero-order chi connectivity index (χ0) is 15.4. The minimum Gasteiger partial charge on any atom is -0.399 e. The fourth-order valence-corrected chi connectivity index (χ4v) is 2.01. The number of hydrogen-bond acceptors (Lipinski definition) is 3. The Kier molecular flexibility index (Phi) is 4.47. The molecule has 2 aromatic rings. The Hall–Kier alpha value is -2.50. The van der Waals surface area contributed by atoms with Crippen molar-refractivity contribution in [1.29, 1.82) is 0 Å². The lowest BCUT2D eigenvalue weighted by molar-refractivity contribution is -0.122. The summed E-state index contributed by atoms with van der Waals surface area (Å²) >= 11 is 0. The second-order valence-corrected chi connectivity index (χ2v) is 5.02. The first-order valence-electron chi connectivity index (χ1n) is 6.98. The van der Waals surface area contributed by atoms with Crippen LogP contribution in [0.15, 0.2) is 24.3 Å². The van der Waals surface area contributed by atoms with Gasteiger partial charge in [-0.25, -0.2) is 0 Å². The van der Waals surface area contributed by atoms with Crippen molar-refractivity contribution < 1.29 is 9.59 Å². The zero-order valence-electron chi connectivity index (χ0n) is 12.2. The number of nitrogens with two attached hydrogens (primary N) is 1. The Labute approximate surface area is 123 Å². The molecule has 0 radical (unpaired) electrons. The van der Waals surface area contributed by atoms with E-state index in [0.717, 1.165) is 17.3 Å². The van der Waals surface area contributed by atoms with Crippen molar-refractivity contribution in [3.05, 3.63) is 30.0 Å². The van der Waals surface area contributed by atoms with Crippen LogP contribution in [0.4, 0.5) is 5.69 Å². The van der Waals surface area contributed by atoms with Crippen molar-refractivity contribution in [2.75, 3.05) is 12.3 Å². The topological polar surface area (TPSA) is 100 Å². The number of benzene rings is 1. The van der Waals surface area contributed by atoms with E-state index in [2.05, 4.69) is 15.6 Å². The van der Waals surface area contributed by atoms with E-state index >= 15 is 0 Å². The second kappa shape index (κ2) is 6.30. The highest BCUT2D eigenvalue weighted by atomic mass is 16.2. The molecule has 1 heterocycles. The predicted molar refractivity (Wildman–Crippen MR) is 82.9 cm³/mol. The quantitative estimate of drug-likeness (QED) is 0.626. The maximum Gasteiger partial charge on any atom is 0.268 e. The lowest BCUT2D eigenvalue weighted by atomic mass is 10.2. The summed E-state index contributed by atoms with van der Waals surface area (Å²) in [6.07, 6.45) is 0.857. The van der Waals surface area contributed by atoms with E-state index < -0.39 is 6.04 Å². The molecule has 0 fully saturated rings. The molecule has 5 N–H and O–H groups in total. The maximum atomic E-state index is 12.1. The fraction of sp³-hybridized carbons (Fsp3) is 0.333. The Bertz CT molecular complexity index is 663. The first-order chi connectivity index (χ1) is 10.0. The molecule has 6 heteroatoms. The molecular weight excluding hydrogens is 268 g/mol. The third-order valence-corrected chi connectivity index (χ3v) is 3.18. The van der Waals surface area contributed by atoms with E-state index in [1.54, 1.807) is 25.1 Å². The van der Waals surface area contributed by atoms with Crippen LogP contribution in [0.2, 0.25) is 0 Å². The molecule has 0 saturated carbocycles. The molecule has 6 nitrogen and oxygen atoms in total. The second-order valence-electron chi connectivity index (χ2n) is 5.02. The average Bonchev–Trinajstić information content (AvgIpc) is 2.87. The van der Waals surface area contributed by atoms with Gasteiger partial charge in [-0.2, -0.15) is 0 Å². The highest BCUT2D eigenvalue weighted by Crippen LogP contribution is 2.18. The van der Waals surface area contributed by atoms with Crippen LogP contribution in [0.5, 0.6) is 0 Å². The average molecular weight is 288 g/mol. The summed E-state index contributed by atoms with van der Waals surface area (Å²) in [5.41, 5.74) is 7.59. The number of hydrogen-bond donors (Lipinski definition) is 4. The molecule has 0 saturated heterocycles. The van der Waals surface area contributed by atoms with Crippen molar-refractivity contribution in [3.63, 3.8) is 0 Å². The summed E-state index contributed by atoms with van der Waals surface area (Å²) in [4.78, 5) is 26.9. The van der Waals surface area contributed by atoms with Gasteiger partial charge in [0.25, 0.3) is 5.91 Å². The van der Waals surface area contributed by atoms with Crippen molar-refractivity contribution in [3.8, 4) is 0 Å². The number of carbonyl (C=O) groups excluding carboxylic acids is 2. The molecule has 0 aliphatic heterocycles. The normalized spacial score (nSPS) is 12.1. The van der Waals surface area contributed by atoms with Crippen LogP contribution in [0.3, 0.4) is 0 Å². The van der Waals surface area contributed by atoms with Gasteiger partial charge in [-0.05, 0) is 37.6 Å². The summed E-state index contributed by atoms with van der Waals surface area (Å²) in [5, 5.41) is 6.27. The smallest absolute Gasteiger partial charge is 0.268 e. The Morgan fingerprint density at radius 3 is 2.81 bits per heavy atom. The third kappa shape index (κ3) is 3.53. The van der Waals surface area contributed by atoms with Crippen LogP contribution >= 0.6 is 0 Å². The molecule has 1 atom stereocenters. The minimum absolute atomic E-state index is 0.189. The number of carbonyl (C=O) groups is 2. The van der Waals surface area contributed by atoms with Gasteiger partial charge in [0.2, 0.25) is 5.91 Å². The molecule has 2 amide bonds. The number of H-pyrrole nitrogens is 1. The van der Waals surface area contributed by atoms with Gasteiger partial charge in [0.05, 0.1) is 0 Å². The van der Waals surface area contributed by atoms with E-state index in [1.807, 2.05) is 13.0 Å². The summed E-state index contributed by atoms with van der Waals surface area (Å²) in [6.45, 7) is 4.23. The molecule has 0 spiro atoms. The van der Waals surface area contributed by atoms with Gasteiger partial charge in [0.15, 0.2) is 0 Å². The lowest BCUT2D eigenvalue weighted by Crippen LogP contribution is -2.45. The SMILES string of the molecule is CCCNC(=O)C(C)NC(=O)c1cc2cc(N)ccc2[nH]1. The number of anilines is 1. The number of aromatic nitrogens is 1. The van der Waals surface area contributed by atoms with Gasteiger partial charge < -0.3 is 21.4 Å². The van der Waals surface area contributed by atoms with Crippen LogP contribution in [0.25, 0.3) is 10.9 Å². The lowest BCUT2D eigenvalue weighted by Gasteiger charge is -2.13. The van der Waals surface area contributed by atoms with Crippen molar-refractivity contribution in [2.24, 2.45) is 0 Å². The largest absolute Gasteiger partial charge is 0.399 e. The molecule has 0 bridgehead atoms. The van der Waals surface area contributed by atoms with Crippen molar-refractivity contribution in [1.82, 2.24) is 15.6 Å². The Morgan fingerprint density at radius 2 is 2.10 bits per heavy atom. The molecule has 1 aromatic heterocycles. The molecular formula is C15H20N4O2. The van der Waals surface area contributed by atoms with Crippen LogP contribution in [-0.2, 0) is 4.79 Å². The molecule has 1 unspecified atom stereocenters. The van der Waals surface area contributed by atoms with Gasteiger partial charge in [-0.3, -0.25) is 9.59 Å². The van der Waals surface area contributed by atoms with Gasteiger partial charge in [0.1, 0.15) is 11.7 Å². The summed E-state index contributed by atoms with van der Waals surface area (Å²) in [7, 11) is 0. The monoisotopic (exact) mass is 288 g/mol. The Balaban J connectivity index is 2.06. The summed E-state index contributed by atoms with van der Waals surface area (Å²) in [6, 6.07) is 6.51. The van der Waals surface area contributed by atoms with Gasteiger partial charge >= 0.3 is 0 Å². The number of nitrogen functional groups attached to an aromatic ring is 1. The zero-order valence-corrected chi connectivity index (χ0v) is 12.2. The van der Waals surface area contributed by atoms with Gasteiger partial charge in [-0.15, -0.1) is 0 Å². The third-order valence-electron chi connectivity index (χ3n) is 3.18. The standard InChI is InChI=1S/C15H20N4O2/c1-3-6-17-14(20)9(2)18-15(21)13-8-10-7-11(16)4-5-12(10)19-13/h4-5,7-9,19H,3,6,16H2,1-2H3,(H,17,20)(H,18,21). The Morgan fingerprint density at radius 1 is 1.33 bits per heavy atom. The van der Waals surface area contributed by atoms with Crippen LogP contribution < -0.4 is 16.4 Å². The highest BCUT2D eigenvalue weighted by molar-refractivity contribution is 6.00. The molecule has 2 rings (SSSR count). The van der Waals surface area contributed by atoms with E-state index in [-0.39, 0.29) is 11.8 Å². The van der Waals surface area contributed by atoms with Crippen LogP contribution in [0.1, 0.15) is 30.8 Å². The number of aromatic amines is 1. The number of amides is 2. The van der Waals surface area contributed by atoms with E-state index in [4.69, 9.17) is 5.73 Å². The van der Waals surface area contributed by atoms with E-state index in [9.17, 15) is 9.59 Å². The van der Waals surface area contributed by atoms with Crippen LogP contribution in [-0.4, -0.2) is 29.4 Å². The van der Waals surface area contributed by atoms with Gasteiger partial charge in [0, 0.05) is 23.1 Å². The number of nitrogens with one attached hydrogen (secondary N) is 3. The first kappa shape index (κ1) is 14.9. The van der Waals surface area contributed by atoms with E-state index in [1.165, 1.54) is 0 Å². The number of fused-ring (bicyclic) bond motifs is 1. The minimum atomic E-state index is -0.583. The molecule has 0 aliphatic rings. The molecule has 1 aromatic carbocycles.